The number of para-hydroxylation sites is 2. The predicted molar refractivity (Wildman–Crippen MR) is 52.2 cm³/mol. The number of fused-ring (bicyclic) bond motifs is 3. The maximum absolute atomic E-state index is 11.7. The van der Waals surface area contributed by atoms with Crippen molar-refractivity contribution in [3.8, 4) is 5.75 Å². The molecule has 3 heteroatoms. The Morgan fingerprint density at radius 3 is 3.07 bits per heavy atom. The number of nitrogens with zero attached hydrogens (tertiary/aromatic N) is 1. The largest absolute Gasteiger partial charge is 0.466 e. The van der Waals surface area contributed by atoms with E-state index >= 15 is 0 Å². The van der Waals surface area contributed by atoms with Crippen molar-refractivity contribution >= 4 is 11.6 Å². The van der Waals surface area contributed by atoms with Crippen molar-refractivity contribution in [2.45, 2.75) is 25.5 Å². The van der Waals surface area contributed by atoms with Crippen LogP contribution < -0.4 is 9.64 Å². The SMILES string of the molecule is CC12CCC(=O)N1c1ccccc1O2. The Kier molecular flexibility index (Phi) is 1.29. The molecule has 1 amide bonds. The Bertz CT molecular complexity index is 416. The van der Waals surface area contributed by atoms with Gasteiger partial charge in [-0.2, -0.15) is 0 Å². The number of anilines is 1. The standard InChI is InChI=1S/C11H11NO2/c1-11-7-6-10(13)12(11)8-4-2-3-5-9(8)14-11/h2-5H,6-7H2,1H3. The summed E-state index contributed by atoms with van der Waals surface area (Å²) in [5, 5.41) is 0. The van der Waals surface area contributed by atoms with Gasteiger partial charge in [-0.25, -0.2) is 0 Å². The third kappa shape index (κ3) is 0.794. The Morgan fingerprint density at radius 2 is 2.21 bits per heavy atom. The normalized spacial score (nSPS) is 28.6. The second-order valence-corrected chi connectivity index (χ2v) is 3.97. The highest BCUT2D eigenvalue weighted by molar-refractivity contribution is 5.99. The van der Waals surface area contributed by atoms with Crippen molar-refractivity contribution in [3.63, 3.8) is 0 Å². The molecule has 0 saturated carbocycles. The van der Waals surface area contributed by atoms with Crippen molar-refractivity contribution in [1.82, 2.24) is 0 Å². The van der Waals surface area contributed by atoms with Crippen LogP contribution >= 0.6 is 0 Å². The molecule has 1 fully saturated rings. The summed E-state index contributed by atoms with van der Waals surface area (Å²) in [5.41, 5.74) is 0.485. The molecule has 0 radical (unpaired) electrons. The number of hydrogen-bond donors (Lipinski definition) is 0. The lowest BCUT2D eigenvalue weighted by atomic mass is 10.2. The van der Waals surface area contributed by atoms with Crippen LogP contribution in [0.5, 0.6) is 5.75 Å². The summed E-state index contributed by atoms with van der Waals surface area (Å²) in [5.74, 6) is 0.987. The first-order valence-corrected chi connectivity index (χ1v) is 4.82. The zero-order valence-corrected chi connectivity index (χ0v) is 7.99. The van der Waals surface area contributed by atoms with E-state index in [4.69, 9.17) is 4.74 Å². The third-order valence-corrected chi connectivity index (χ3v) is 2.96. The number of hydrogen-bond acceptors (Lipinski definition) is 2. The quantitative estimate of drug-likeness (QED) is 0.624. The van der Waals surface area contributed by atoms with E-state index < -0.39 is 5.72 Å². The summed E-state index contributed by atoms with van der Waals surface area (Å²) in [7, 11) is 0. The van der Waals surface area contributed by atoms with Crippen LogP contribution in [0.25, 0.3) is 0 Å². The van der Waals surface area contributed by atoms with Gasteiger partial charge in [-0.15, -0.1) is 0 Å². The molecule has 3 nitrogen and oxygen atoms in total. The first kappa shape index (κ1) is 7.85. The summed E-state index contributed by atoms with van der Waals surface area (Å²) in [6.07, 6.45) is 1.37. The van der Waals surface area contributed by atoms with Gasteiger partial charge in [0, 0.05) is 12.8 Å². The van der Waals surface area contributed by atoms with Gasteiger partial charge in [0.05, 0.1) is 5.69 Å². The molecular weight excluding hydrogens is 178 g/mol. The second-order valence-electron chi connectivity index (χ2n) is 3.97. The van der Waals surface area contributed by atoms with E-state index in [-0.39, 0.29) is 5.91 Å². The van der Waals surface area contributed by atoms with Crippen LogP contribution in [0.3, 0.4) is 0 Å². The molecule has 72 valence electrons. The van der Waals surface area contributed by atoms with Crippen LogP contribution in [-0.4, -0.2) is 11.6 Å². The molecule has 0 spiro atoms. The average molecular weight is 189 g/mol. The monoisotopic (exact) mass is 189 g/mol. The first-order chi connectivity index (χ1) is 6.71. The Hall–Kier alpha value is -1.51. The summed E-state index contributed by atoms with van der Waals surface area (Å²) >= 11 is 0. The highest BCUT2D eigenvalue weighted by Crippen LogP contribution is 2.47. The maximum atomic E-state index is 11.7. The van der Waals surface area contributed by atoms with Crippen LogP contribution in [0.15, 0.2) is 24.3 Å². The summed E-state index contributed by atoms with van der Waals surface area (Å²) < 4.78 is 5.79. The minimum absolute atomic E-state index is 0.164. The number of benzene rings is 1. The van der Waals surface area contributed by atoms with Gasteiger partial charge in [0.2, 0.25) is 5.91 Å². The lowest BCUT2D eigenvalue weighted by molar-refractivity contribution is -0.117. The maximum Gasteiger partial charge on any atom is 0.230 e. The number of rotatable bonds is 0. The Labute approximate surface area is 82.3 Å². The molecule has 0 aliphatic carbocycles. The highest BCUT2D eigenvalue weighted by Gasteiger charge is 2.49. The molecule has 1 aromatic rings. The van der Waals surface area contributed by atoms with E-state index in [1.54, 1.807) is 4.90 Å². The van der Waals surface area contributed by atoms with E-state index in [1.165, 1.54) is 0 Å². The molecule has 1 atom stereocenters. The van der Waals surface area contributed by atoms with Gasteiger partial charge in [0.25, 0.3) is 0 Å². The fraction of sp³-hybridized carbons (Fsp3) is 0.364. The topological polar surface area (TPSA) is 29.5 Å². The lowest BCUT2D eigenvalue weighted by Gasteiger charge is -2.25. The van der Waals surface area contributed by atoms with Gasteiger partial charge < -0.3 is 4.74 Å². The molecular formula is C11H11NO2. The molecule has 0 N–H and O–H groups in total. The Balaban J connectivity index is 2.18. The van der Waals surface area contributed by atoms with Crippen LogP contribution in [-0.2, 0) is 4.79 Å². The van der Waals surface area contributed by atoms with Crippen molar-refractivity contribution in [2.75, 3.05) is 4.90 Å². The summed E-state index contributed by atoms with van der Waals surface area (Å²) in [6, 6.07) is 7.70. The van der Waals surface area contributed by atoms with E-state index in [0.717, 1.165) is 17.9 Å². The van der Waals surface area contributed by atoms with Crippen molar-refractivity contribution in [1.29, 1.82) is 0 Å². The Morgan fingerprint density at radius 1 is 1.43 bits per heavy atom. The van der Waals surface area contributed by atoms with Gasteiger partial charge in [0.1, 0.15) is 5.75 Å². The number of ether oxygens (including phenoxy) is 1. The molecule has 2 heterocycles. The predicted octanol–water partition coefficient (Wildman–Crippen LogP) is 1.92. The summed E-state index contributed by atoms with van der Waals surface area (Å²) in [6.45, 7) is 1.97. The molecule has 14 heavy (non-hydrogen) atoms. The van der Waals surface area contributed by atoms with Crippen LogP contribution in [0.4, 0.5) is 5.69 Å². The highest BCUT2D eigenvalue weighted by atomic mass is 16.5. The molecule has 3 rings (SSSR count). The zero-order chi connectivity index (χ0) is 9.76. The van der Waals surface area contributed by atoms with Crippen molar-refractivity contribution < 1.29 is 9.53 Å². The van der Waals surface area contributed by atoms with Gasteiger partial charge in [-0.1, -0.05) is 12.1 Å². The molecule has 2 aliphatic rings. The van der Waals surface area contributed by atoms with E-state index in [0.29, 0.717) is 6.42 Å². The zero-order valence-electron chi connectivity index (χ0n) is 7.99. The molecule has 0 aromatic heterocycles. The van der Waals surface area contributed by atoms with E-state index in [1.807, 2.05) is 31.2 Å². The third-order valence-electron chi connectivity index (χ3n) is 2.96. The van der Waals surface area contributed by atoms with Gasteiger partial charge in [-0.3, -0.25) is 9.69 Å². The average Bonchev–Trinajstić information content (AvgIpc) is 2.60. The molecule has 0 bridgehead atoms. The number of carbonyl (C=O) groups is 1. The van der Waals surface area contributed by atoms with Crippen LogP contribution in [0, 0.1) is 0 Å². The fourth-order valence-electron chi connectivity index (χ4n) is 2.28. The first-order valence-electron chi connectivity index (χ1n) is 4.82. The smallest absolute Gasteiger partial charge is 0.230 e. The minimum Gasteiger partial charge on any atom is -0.466 e. The van der Waals surface area contributed by atoms with Crippen LogP contribution in [0.2, 0.25) is 0 Å². The number of amides is 1. The molecule has 1 unspecified atom stereocenters. The van der Waals surface area contributed by atoms with E-state index in [9.17, 15) is 4.79 Å². The second kappa shape index (κ2) is 2.29. The van der Waals surface area contributed by atoms with Gasteiger partial charge in [-0.05, 0) is 19.1 Å². The van der Waals surface area contributed by atoms with Gasteiger partial charge in [0.15, 0.2) is 5.72 Å². The molecule has 1 saturated heterocycles. The van der Waals surface area contributed by atoms with Crippen molar-refractivity contribution in [3.05, 3.63) is 24.3 Å². The lowest BCUT2D eigenvalue weighted by Crippen LogP contribution is -2.43. The van der Waals surface area contributed by atoms with Crippen LogP contribution in [0.1, 0.15) is 19.8 Å². The molecule has 1 aromatic carbocycles. The summed E-state index contributed by atoms with van der Waals surface area (Å²) in [4.78, 5) is 13.4. The molecule has 2 aliphatic heterocycles. The fourth-order valence-corrected chi connectivity index (χ4v) is 2.28. The van der Waals surface area contributed by atoms with E-state index in [2.05, 4.69) is 0 Å². The minimum atomic E-state index is -0.430. The number of carbonyl (C=O) groups excluding carboxylic acids is 1. The van der Waals surface area contributed by atoms with Crippen molar-refractivity contribution in [2.24, 2.45) is 0 Å². The van der Waals surface area contributed by atoms with Gasteiger partial charge >= 0.3 is 0 Å².